The van der Waals surface area contributed by atoms with Crippen LogP contribution in [0.2, 0.25) is 0 Å². The van der Waals surface area contributed by atoms with E-state index in [-0.39, 0.29) is 11.9 Å². The number of anilines is 1. The summed E-state index contributed by atoms with van der Waals surface area (Å²) in [6.45, 7) is 5.47. The third-order valence-electron chi connectivity index (χ3n) is 4.39. The molecule has 0 saturated carbocycles. The van der Waals surface area contributed by atoms with E-state index in [2.05, 4.69) is 5.32 Å². The van der Waals surface area contributed by atoms with Crippen molar-refractivity contribution in [1.29, 1.82) is 5.26 Å². The molecule has 3 rings (SSSR count). The quantitative estimate of drug-likeness (QED) is 0.900. The Morgan fingerprint density at radius 3 is 2.23 bits per heavy atom. The lowest BCUT2D eigenvalue weighted by Crippen LogP contribution is -2.51. The monoisotopic (exact) mass is 352 g/mol. The van der Waals surface area contributed by atoms with E-state index in [1.165, 1.54) is 0 Å². The number of hydrogen-bond acceptors (Lipinski definition) is 4. The van der Waals surface area contributed by atoms with Crippen molar-refractivity contribution >= 4 is 17.6 Å². The zero-order valence-electron chi connectivity index (χ0n) is 14.8. The molecule has 2 aromatic rings. The maximum Gasteiger partial charge on any atom is 0.321 e. The van der Waals surface area contributed by atoms with Crippen LogP contribution in [0.5, 0.6) is 0 Å². The van der Waals surface area contributed by atoms with Gasteiger partial charge in [-0.15, -0.1) is 0 Å². The van der Waals surface area contributed by atoms with Crippen LogP contribution in [-0.4, -0.2) is 47.9 Å². The van der Waals surface area contributed by atoms with E-state index in [1.807, 2.05) is 13.0 Å². The van der Waals surface area contributed by atoms with Crippen molar-refractivity contribution < 1.29 is 14.0 Å². The molecule has 1 N–H and O–H groups in total. The Morgan fingerprint density at radius 2 is 1.69 bits per heavy atom. The van der Waals surface area contributed by atoms with Crippen molar-refractivity contribution in [3.05, 3.63) is 53.0 Å². The van der Waals surface area contributed by atoms with Crippen LogP contribution in [0.4, 0.5) is 10.5 Å². The van der Waals surface area contributed by atoms with Crippen molar-refractivity contribution in [3.63, 3.8) is 0 Å². The molecule has 1 aliphatic rings. The third-order valence-corrected chi connectivity index (χ3v) is 4.39. The fourth-order valence-corrected chi connectivity index (χ4v) is 2.96. The molecule has 7 heteroatoms. The van der Waals surface area contributed by atoms with E-state index in [0.717, 1.165) is 0 Å². The Morgan fingerprint density at radius 1 is 1.08 bits per heavy atom. The maximum atomic E-state index is 12.6. The SMILES string of the molecule is Cc1cc(C(=O)N2CCN(C(=O)Nc3ccc(C#N)cc3)CC2)c(C)o1. The molecule has 1 aliphatic heterocycles. The summed E-state index contributed by atoms with van der Waals surface area (Å²) in [5.74, 6) is 1.27. The molecule has 26 heavy (non-hydrogen) atoms. The van der Waals surface area contributed by atoms with Gasteiger partial charge in [0.2, 0.25) is 0 Å². The largest absolute Gasteiger partial charge is 0.466 e. The van der Waals surface area contributed by atoms with Gasteiger partial charge in [0.05, 0.1) is 17.2 Å². The zero-order valence-corrected chi connectivity index (χ0v) is 14.8. The van der Waals surface area contributed by atoms with Gasteiger partial charge in [-0.2, -0.15) is 5.26 Å². The number of urea groups is 1. The number of carbonyl (C=O) groups is 2. The molecule has 1 fully saturated rings. The zero-order chi connectivity index (χ0) is 18.7. The minimum atomic E-state index is -0.211. The number of benzene rings is 1. The molecule has 1 saturated heterocycles. The molecule has 1 aromatic heterocycles. The second kappa shape index (κ2) is 7.31. The summed E-state index contributed by atoms with van der Waals surface area (Å²) in [6.07, 6.45) is 0. The fraction of sp³-hybridized carbons (Fsp3) is 0.316. The highest BCUT2D eigenvalue weighted by Gasteiger charge is 2.26. The van der Waals surface area contributed by atoms with Gasteiger partial charge in [0.15, 0.2) is 0 Å². The van der Waals surface area contributed by atoms with E-state index >= 15 is 0 Å². The molecular formula is C19H20N4O3. The topological polar surface area (TPSA) is 89.6 Å². The number of rotatable bonds is 2. The molecule has 0 atom stereocenters. The Kier molecular flexibility index (Phi) is 4.94. The number of piperazine rings is 1. The second-order valence-electron chi connectivity index (χ2n) is 6.23. The van der Waals surface area contributed by atoms with Gasteiger partial charge in [0.1, 0.15) is 11.5 Å². The Balaban J connectivity index is 1.56. The van der Waals surface area contributed by atoms with E-state index in [4.69, 9.17) is 9.68 Å². The molecule has 0 spiro atoms. The molecule has 0 bridgehead atoms. The summed E-state index contributed by atoms with van der Waals surface area (Å²) in [6, 6.07) is 10.3. The summed E-state index contributed by atoms with van der Waals surface area (Å²) in [4.78, 5) is 28.4. The summed E-state index contributed by atoms with van der Waals surface area (Å²) < 4.78 is 5.43. The molecule has 0 aliphatic carbocycles. The highest BCUT2D eigenvalue weighted by atomic mass is 16.3. The number of amides is 3. The maximum absolute atomic E-state index is 12.6. The van der Waals surface area contributed by atoms with Crippen LogP contribution in [0.1, 0.15) is 27.4 Å². The first kappa shape index (κ1) is 17.5. The Labute approximate surface area is 151 Å². The first-order chi connectivity index (χ1) is 12.5. The summed E-state index contributed by atoms with van der Waals surface area (Å²) in [5.41, 5.74) is 1.76. The Hall–Kier alpha value is -3.27. The van der Waals surface area contributed by atoms with Crippen LogP contribution in [0.3, 0.4) is 0 Å². The standard InChI is InChI=1S/C19H20N4O3/c1-13-11-17(14(2)26-13)18(24)22-7-9-23(10-8-22)19(25)21-16-5-3-15(12-20)4-6-16/h3-6,11H,7-10H2,1-2H3,(H,21,25). The highest BCUT2D eigenvalue weighted by Crippen LogP contribution is 2.17. The smallest absolute Gasteiger partial charge is 0.321 e. The lowest BCUT2D eigenvalue weighted by atomic mass is 10.2. The average molecular weight is 352 g/mol. The molecule has 3 amide bonds. The van der Waals surface area contributed by atoms with Gasteiger partial charge in [-0.05, 0) is 44.2 Å². The fourth-order valence-electron chi connectivity index (χ4n) is 2.96. The molecule has 7 nitrogen and oxygen atoms in total. The summed E-state index contributed by atoms with van der Waals surface area (Å²) in [5, 5.41) is 11.6. The minimum Gasteiger partial charge on any atom is -0.466 e. The molecule has 1 aromatic carbocycles. The van der Waals surface area contributed by atoms with Crippen molar-refractivity contribution in [2.75, 3.05) is 31.5 Å². The molecule has 2 heterocycles. The van der Waals surface area contributed by atoms with E-state index in [0.29, 0.717) is 54.5 Å². The van der Waals surface area contributed by atoms with E-state index in [9.17, 15) is 9.59 Å². The molecular weight excluding hydrogens is 332 g/mol. The van der Waals surface area contributed by atoms with Gasteiger partial charge in [0, 0.05) is 31.9 Å². The van der Waals surface area contributed by atoms with Crippen LogP contribution in [0.15, 0.2) is 34.7 Å². The average Bonchev–Trinajstić information content (AvgIpc) is 3.00. The number of nitrogens with zero attached hydrogens (tertiary/aromatic N) is 3. The van der Waals surface area contributed by atoms with Crippen LogP contribution < -0.4 is 5.32 Å². The number of hydrogen-bond donors (Lipinski definition) is 1. The third kappa shape index (κ3) is 3.70. The summed E-state index contributed by atoms with van der Waals surface area (Å²) in [7, 11) is 0. The number of furan rings is 1. The van der Waals surface area contributed by atoms with Crippen molar-refractivity contribution in [2.24, 2.45) is 0 Å². The molecule has 0 radical (unpaired) electrons. The molecule has 134 valence electrons. The normalized spacial score (nSPS) is 14.0. The lowest BCUT2D eigenvalue weighted by molar-refractivity contribution is 0.0670. The number of nitriles is 1. The first-order valence-corrected chi connectivity index (χ1v) is 8.40. The van der Waals surface area contributed by atoms with Gasteiger partial charge in [0.25, 0.3) is 5.91 Å². The second-order valence-corrected chi connectivity index (χ2v) is 6.23. The van der Waals surface area contributed by atoms with Crippen molar-refractivity contribution in [3.8, 4) is 6.07 Å². The van der Waals surface area contributed by atoms with Gasteiger partial charge >= 0.3 is 6.03 Å². The first-order valence-electron chi connectivity index (χ1n) is 8.40. The predicted octanol–water partition coefficient (Wildman–Crippen LogP) is 2.76. The number of carbonyl (C=O) groups excluding carboxylic acids is 2. The van der Waals surface area contributed by atoms with Crippen molar-refractivity contribution in [1.82, 2.24) is 9.80 Å². The van der Waals surface area contributed by atoms with E-state index < -0.39 is 0 Å². The molecule has 0 unspecified atom stereocenters. The van der Waals surface area contributed by atoms with E-state index in [1.54, 1.807) is 47.1 Å². The van der Waals surface area contributed by atoms with Crippen LogP contribution in [0.25, 0.3) is 0 Å². The summed E-state index contributed by atoms with van der Waals surface area (Å²) >= 11 is 0. The highest BCUT2D eigenvalue weighted by molar-refractivity contribution is 5.95. The predicted molar refractivity (Wildman–Crippen MR) is 95.8 cm³/mol. The van der Waals surface area contributed by atoms with Crippen LogP contribution >= 0.6 is 0 Å². The van der Waals surface area contributed by atoms with Crippen LogP contribution in [0, 0.1) is 25.2 Å². The van der Waals surface area contributed by atoms with Gasteiger partial charge in [-0.3, -0.25) is 4.79 Å². The lowest BCUT2D eigenvalue weighted by Gasteiger charge is -2.34. The van der Waals surface area contributed by atoms with Crippen molar-refractivity contribution in [2.45, 2.75) is 13.8 Å². The number of nitrogens with one attached hydrogen (secondary N) is 1. The Bertz CT molecular complexity index is 856. The minimum absolute atomic E-state index is 0.0634. The van der Waals surface area contributed by atoms with Gasteiger partial charge in [-0.25, -0.2) is 4.79 Å². The van der Waals surface area contributed by atoms with Crippen LogP contribution in [-0.2, 0) is 0 Å². The number of aryl methyl sites for hydroxylation is 2. The van der Waals surface area contributed by atoms with Gasteiger partial charge < -0.3 is 19.5 Å². The van der Waals surface area contributed by atoms with Gasteiger partial charge in [-0.1, -0.05) is 0 Å².